The van der Waals surface area contributed by atoms with Crippen LogP contribution in [0, 0.1) is 5.92 Å². The van der Waals surface area contributed by atoms with Crippen molar-refractivity contribution >= 4 is 22.4 Å². The smallest absolute Gasteiger partial charge is 0.383 e. The molecular formula is C14H18F3N3O2S. The van der Waals surface area contributed by atoms with E-state index in [-0.39, 0.29) is 31.8 Å². The SMILES string of the molecule is C=CCNc1ncc(C(=O)N2CCC(C(O)C(F)(F)F)CC2)s1. The number of anilines is 1. The topological polar surface area (TPSA) is 65.5 Å². The number of carbonyl (C=O) groups excluding carboxylic acids is 1. The normalized spacial score (nSPS) is 17.8. The second kappa shape index (κ2) is 7.31. The zero-order valence-corrected chi connectivity index (χ0v) is 13.2. The van der Waals surface area contributed by atoms with Gasteiger partial charge in [0.05, 0.1) is 6.20 Å². The predicted octanol–water partition coefficient (Wildman–Crippen LogP) is 2.52. The van der Waals surface area contributed by atoms with Gasteiger partial charge in [-0.1, -0.05) is 17.4 Å². The van der Waals surface area contributed by atoms with Crippen LogP contribution in [0.4, 0.5) is 18.3 Å². The van der Waals surface area contributed by atoms with Crippen molar-refractivity contribution in [2.24, 2.45) is 5.92 Å². The van der Waals surface area contributed by atoms with Gasteiger partial charge in [0.2, 0.25) is 0 Å². The second-order valence-corrected chi connectivity index (χ2v) is 6.35. The third kappa shape index (κ3) is 4.44. The summed E-state index contributed by atoms with van der Waals surface area (Å²) in [6.45, 7) is 4.49. The molecule has 0 bridgehead atoms. The number of aromatic nitrogens is 1. The minimum absolute atomic E-state index is 0.132. The van der Waals surface area contributed by atoms with Crippen LogP contribution in [0.5, 0.6) is 0 Å². The number of alkyl halides is 3. The maximum absolute atomic E-state index is 12.5. The summed E-state index contributed by atoms with van der Waals surface area (Å²) >= 11 is 1.20. The standard InChI is InChI=1S/C14H18F3N3O2S/c1-2-5-18-13-19-8-10(23-13)12(22)20-6-3-9(4-7-20)11(21)14(15,16)17/h2,8-9,11,21H,1,3-7H2,(H,18,19). The van der Waals surface area contributed by atoms with Crippen LogP contribution >= 0.6 is 11.3 Å². The van der Waals surface area contributed by atoms with Crippen LogP contribution in [-0.4, -0.2) is 52.8 Å². The lowest BCUT2D eigenvalue weighted by atomic mass is 9.91. The van der Waals surface area contributed by atoms with E-state index >= 15 is 0 Å². The summed E-state index contributed by atoms with van der Waals surface area (Å²) in [5, 5.41) is 12.9. The number of thiazole rings is 1. The molecule has 0 spiro atoms. The molecule has 9 heteroatoms. The van der Waals surface area contributed by atoms with E-state index in [0.717, 1.165) is 0 Å². The van der Waals surface area contributed by atoms with Crippen LogP contribution in [0.2, 0.25) is 0 Å². The Kier molecular flexibility index (Phi) is 5.64. The van der Waals surface area contributed by atoms with Crippen LogP contribution in [0.3, 0.4) is 0 Å². The monoisotopic (exact) mass is 349 g/mol. The predicted molar refractivity (Wildman–Crippen MR) is 81.5 cm³/mol. The first-order valence-electron chi connectivity index (χ1n) is 7.17. The van der Waals surface area contributed by atoms with Gasteiger partial charge in [-0.2, -0.15) is 13.2 Å². The van der Waals surface area contributed by atoms with Gasteiger partial charge in [-0.05, 0) is 18.8 Å². The molecule has 0 aromatic carbocycles. The average Bonchev–Trinajstić information content (AvgIpc) is 2.99. The molecule has 0 saturated carbocycles. The first-order valence-corrected chi connectivity index (χ1v) is 7.99. The summed E-state index contributed by atoms with van der Waals surface area (Å²) < 4.78 is 37.5. The van der Waals surface area contributed by atoms with Crippen LogP contribution in [-0.2, 0) is 0 Å². The Labute approximate surface area is 135 Å². The number of aliphatic hydroxyl groups is 1. The van der Waals surface area contributed by atoms with Crippen molar-refractivity contribution < 1.29 is 23.1 Å². The molecule has 2 N–H and O–H groups in total. The third-order valence-electron chi connectivity index (χ3n) is 3.72. The van der Waals surface area contributed by atoms with Crippen LogP contribution in [0.1, 0.15) is 22.5 Å². The second-order valence-electron chi connectivity index (χ2n) is 5.32. The number of carbonyl (C=O) groups is 1. The molecule has 1 aromatic heterocycles. The van der Waals surface area contributed by atoms with Gasteiger partial charge in [0.1, 0.15) is 4.88 Å². The molecule has 1 fully saturated rings. The Morgan fingerprint density at radius 1 is 1.57 bits per heavy atom. The zero-order valence-electron chi connectivity index (χ0n) is 12.3. The molecule has 128 valence electrons. The zero-order chi connectivity index (χ0) is 17.0. The molecule has 0 aliphatic carbocycles. The van der Waals surface area contributed by atoms with Gasteiger partial charge in [-0.15, -0.1) is 6.58 Å². The van der Waals surface area contributed by atoms with E-state index in [9.17, 15) is 23.1 Å². The Balaban J connectivity index is 1.90. The number of aliphatic hydroxyl groups excluding tert-OH is 1. The van der Waals surface area contributed by atoms with E-state index in [2.05, 4.69) is 16.9 Å². The quantitative estimate of drug-likeness (QED) is 0.802. The maximum atomic E-state index is 12.5. The highest BCUT2D eigenvalue weighted by atomic mass is 32.1. The Morgan fingerprint density at radius 2 is 2.22 bits per heavy atom. The average molecular weight is 349 g/mol. The van der Waals surface area contributed by atoms with E-state index in [1.54, 1.807) is 6.08 Å². The molecule has 1 aliphatic rings. The van der Waals surface area contributed by atoms with Crippen molar-refractivity contribution in [2.45, 2.75) is 25.1 Å². The molecule has 1 aliphatic heterocycles. The van der Waals surface area contributed by atoms with Crippen molar-refractivity contribution in [1.82, 2.24) is 9.88 Å². The summed E-state index contributed by atoms with van der Waals surface area (Å²) in [7, 11) is 0. The fourth-order valence-corrected chi connectivity index (χ4v) is 3.25. The van der Waals surface area contributed by atoms with Crippen molar-refractivity contribution in [2.75, 3.05) is 25.0 Å². The van der Waals surface area contributed by atoms with Gasteiger partial charge in [0.15, 0.2) is 11.2 Å². The van der Waals surface area contributed by atoms with Gasteiger partial charge in [-0.3, -0.25) is 4.79 Å². The summed E-state index contributed by atoms with van der Waals surface area (Å²) in [5.74, 6) is -1.10. The van der Waals surface area contributed by atoms with Crippen molar-refractivity contribution in [3.05, 3.63) is 23.7 Å². The lowest BCUT2D eigenvalue weighted by Gasteiger charge is -2.34. The minimum Gasteiger partial charge on any atom is -0.383 e. The number of piperidine rings is 1. The van der Waals surface area contributed by atoms with Gasteiger partial charge >= 0.3 is 6.18 Å². The Hall–Kier alpha value is -1.61. The first-order chi connectivity index (χ1) is 10.8. The molecule has 0 radical (unpaired) electrons. The fraction of sp³-hybridized carbons (Fsp3) is 0.571. The number of nitrogens with zero attached hydrogens (tertiary/aromatic N) is 2. The van der Waals surface area contributed by atoms with Gasteiger partial charge in [-0.25, -0.2) is 4.98 Å². The highest BCUT2D eigenvalue weighted by molar-refractivity contribution is 7.17. The van der Waals surface area contributed by atoms with Crippen LogP contribution in [0.15, 0.2) is 18.9 Å². The molecule has 1 aromatic rings. The highest BCUT2D eigenvalue weighted by Gasteiger charge is 2.44. The lowest BCUT2D eigenvalue weighted by Crippen LogP contribution is -2.45. The molecular weight excluding hydrogens is 331 g/mol. The Bertz CT molecular complexity index is 554. The summed E-state index contributed by atoms with van der Waals surface area (Å²) in [5.41, 5.74) is 0. The van der Waals surface area contributed by atoms with E-state index in [4.69, 9.17) is 0 Å². The Morgan fingerprint density at radius 3 is 2.78 bits per heavy atom. The van der Waals surface area contributed by atoms with Gasteiger partial charge in [0.25, 0.3) is 5.91 Å². The van der Waals surface area contributed by atoms with Crippen LogP contribution in [0.25, 0.3) is 0 Å². The number of rotatable bonds is 5. The van der Waals surface area contributed by atoms with E-state index in [1.807, 2.05) is 0 Å². The molecule has 23 heavy (non-hydrogen) atoms. The van der Waals surface area contributed by atoms with E-state index < -0.39 is 18.2 Å². The third-order valence-corrected chi connectivity index (χ3v) is 4.67. The number of hydrogen-bond donors (Lipinski definition) is 2. The molecule has 2 heterocycles. The molecule has 2 rings (SSSR count). The summed E-state index contributed by atoms with van der Waals surface area (Å²) in [4.78, 5) is 18.3. The highest BCUT2D eigenvalue weighted by Crippen LogP contribution is 2.32. The molecule has 1 atom stereocenters. The van der Waals surface area contributed by atoms with Crippen molar-refractivity contribution in [1.29, 1.82) is 0 Å². The van der Waals surface area contributed by atoms with Crippen LogP contribution < -0.4 is 5.32 Å². The van der Waals surface area contributed by atoms with Crippen molar-refractivity contribution in [3.63, 3.8) is 0 Å². The molecule has 5 nitrogen and oxygen atoms in total. The molecule has 1 unspecified atom stereocenters. The van der Waals surface area contributed by atoms with E-state index in [0.29, 0.717) is 16.6 Å². The van der Waals surface area contributed by atoms with Gasteiger partial charge < -0.3 is 15.3 Å². The maximum Gasteiger partial charge on any atom is 0.414 e. The fourth-order valence-electron chi connectivity index (χ4n) is 2.46. The largest absolute Gasteiger partial charge is 0.414 e. The number of hydrogen-bond acceptors (Lipinski definition) is 5. The molecule has 1 amide bonds. The lowest BCUT2D eigenvalue weighted by molar-refractivity contribution is -0.222. The number of likely N-dealkylation sites (tertiary alicyclic amines) is 1. The van der Waals surface area contributed by atoms with Crippen molar-refractivity contribution in [3.8, 4) is 0 Å². The number of halogens is 3. The minimum atomic E-state index is -4.61. The summed E-state index contributed by atoms with van der Waals surface area (Å²) in [6.07, 6.45) is -3.55. The summed E-state index contributed by atoms with van der Waals surface area (Å²) in [6, 6.07) is 0. The van der Waals surface area contributed by atoms with Gasteiger partial charge in [0, 0.05) is 19.6 Å². The first kappa shape index (κ1) is 17.7. The molecule has 1 saturated heterocycles. The number of nitrogens with one attached hydrogen (secondary N) is 1. The van der Waals surface area contributed by atoms with E-state index in [1.165, 1.54) is 22.4 Å². The number of amides is 1.